The first-order chi connectivity index (χ1) is 17.7. The molecule has 2 aliphatic heterocycles. The normalized spacial score (nSPS) is 23.8. The zero-order chi connectivity index (χ0) is 26.4. The van der Waals surface area contributed by atoms with Gasteiger partial charge in [0.15, 0.2) is 5.78 Å². The highest BCUT2D eigenvalue weighted by molar-refractivity contribution is 5.98. The molecule has 0 bridgehead atoms. The summed E-state index contributed by atoms with van der Waals surface area (Å²) in [7, 11) is 0. The molecule has 3 amide bonds. The number of Topliss-reactive ketones (excluding diaryl/α,β-unsaturated/α-hetero) is 1. The number of rotatable bonds is 13. The van der Waals surface area contributed by atoms with Crippen molar-refractivity contribution in [2.45, 2.75) is 63.3 Å². The molecule has 1 saturated carbocycles. The average molecular weight is 515 g/mol. The molecular formula is C27H38N4O6. The van der Waals surface area contributed by atoms with Gasteiger partial charge in [0.25, 0.3) is 0 Å². The fraction of sp³-hybridized carbons (Fsp3) is 0.630. The second kappa shape index (κ2) is 12.1. The van der Waals surface area contributed by atoms with Crippen molar-refractivity contribution in [2.24, 2.45) is 5.92 Å². The van der Waals surface area contributed by atoms with Crippen molar-refractivity contribution < 1.29 is 28.7 Å². The topological polar surface area (TPSA) is 129 Å². The zero-order valence-electron chi connectivity index (χ0n) is 21.7. The van der Waals surface area contributed by atoms with Crippen LogP contribution in [0.15, 0.2) is 30.3 Å². The molecule has 10 heteroatoms. The van der Waals surface area contributed by atoms with Crippen molar-refractivity contribution in [1.82, 2.24) is 20.9 Å². The Kier molecular flexibility index (Phi) is 8.94. The summed E-state index contributed by atoms with van der Waals surface area (Å²) in [5.41, 5.74) is 0.0334. The number of nitrogens with one attached hydrogen (secondary N) is 3. The Morgan fingerprint density at radius 2 is 1.65 bits per heavy atom. The highest BCUT2D eigenvalue weighted by atomic mass is 16.6. The Bertz CT molecular complexity index is 972. The lowest BCUT2D eigenvalue weighted by Gasteiger charge is -2.27. The van der Waals surface area contributed by atoms with Gasteiger partial charge in [-0.25, -0.2) is 0 Å². The molecule has 1 aromatic carbocycles. The Balaban J connectivity index is 1.36. The molecule has 0 aromatic heterocycles. The minimum atomic E-state index is -0.888. The molecule has 4 atom stereocenters. The largest absolute Gasteiger partial charge is 0.379 e. The van der Waals surface area contributed by atoms with Gasteiger partial charge in [-0.3, -0.25) is 24.1 Å². The van der Waals surface area contributed by atoms with Crippen molar-refractivity contribution in [3.63, 3.8) is 0 Å². The fourth-order valence-electron chi connectivity index (χ4n) is 4.48. The number of ketones is 1. The van der Waals surface area contributed by atoms with E-state index in [0.29, 0.717) is 51.7 Å². The van der Waals surface area contributed by atoms with Crippen molar-refractivity contribution in [3.8, 4) is 0 Å². The van der Waals surface area contributed by atoms with Gasteiger partial charge < -0.3 is 25.4 Å². The molecular weight excluding hydrogens is 476 g/mol. The van der Waals surface area contributed by atoms with E-state index in [1.807, 2.05) is 35.2 Å². The highest BCUT2D eigenvalue weighted by Crippen LogP contribution is 2.34. The van der Waals surface area contributed by atoms with Crippen molar-refractivity contribution in [1.29, 1.82) is 0 Å². The lowest BCUT2D eigenvalue weighted by molar-refractivity contribution is -0.134. The standard InChI is InChI=1S/C27H38N4O6/c1-18(28-23(32)16-31-10-12-36-13-11-31)25(34)30-22(15-20-8-9-20)26(35)29-21(24(33)27(2)17-37-27)14-19-6-4-3-5-7-19/h3-7,18,20-22H,8-17H2,1-2H3,(H,28,32)(H,29,35)(H,30,34). The molecule has 202 valence electrons. The maximum Gasteiger partial charge on any atom is 0.243 e. The molecule has 2 saturated heterocycles. The Morgan fingerprint density at radius 3 is 2.27 bits per heavy atom. The minimum Gasteiger partial charge on any atom is -0.379 e. The van der Waals surface area contributed by atoms with Crippen LogP contribution in [0.1, 0.15) is 38.7 Å². The number of benzene rings is 1. The van der Waals surface area contributed by atoms with E-state index < -0.39 is 35.5 Å². The van der Waals surface area contributed by atoms with E-state index in [4.69, 9.17) is 9.47 Å². The molecule has 3 fully saturated rings. The average Bonchev–Trinajstić information content (AvgIpc) is 3.82. The second-order valence-corrected chi connectivity index (χ2v) is 10.6. The highest BCUT2D eigenvalue weighted by Gasteiger charge is 2.50. The van der Waals surface area contributed by atoms with Gasteiger partial charge in [0, 0.05) is 13.1 Å². The molecule has 4 unspecified atom stereocenters. The number of carbonyl (C=O) groups excluding carboxylic acids is 4. The molecule has 2 heterocycles. The van der Waals surface area contributed by atoms with Gasteiger partial charge in [-0.15, -0.1) is 0 Å². The van der Waals surface area contributed by atoms with E-state index in [9.17, 15) is 19.2 Å². The van der Waals surface area contributed by atoms with Crippen LogP contribution in [0.5, 0.6) is 0 Å². The molecule has 0 spiro atoms. The van der Waals surface area contributed by atoms with Gasteiger partial charge in [0.2, 0.25) is 17.7 Å². The van der Waals surface area contributed by atoms with Crippen LogP contribution in [0, 0.1) is 5.92 Å². The third-order valence-electron chi connectivity index (χ3n) is 7.15. The summed E-state index contributed by atoms with van der Waals surface area (Å²) in [5.74, 6) is -0.899. The van der Waals surface area contributed by atoms with E-state index >= 15 is 0 Å². The summed E-state index contributed by atoms with van der Waals surface area (Å²) >= 11 is 0. The fourth-order valence-corrected chi connectivity index (χ4v) is 4.48. The summed E-state index contributed by atoms with van der Waals surface area (Å²) in [6.45, 7) is 6.36. The summed E-state index contributed by atoms with van der Waals surface area (Å²) < 4.78 is 10.7. The van der Waals surface area contributed by atoms with Crippen LogP contribution in [0.4, 0.5) is 0 Å². The van der Waals surface area contributed by atoms with Gasteiger partial charge in [-0.05, 0) is 38.2 Å². The molecule has 37 heavy (non-hydrogen) atoms. The van der Waals surface area contributed by atoms with E-state index in [-0.39, 0.29) is 18.2 Å². The second-order valence-electron chi connectivity index (χ2n) is 10.6. The number of nitrogens with zero attached hydrogens (tertiary/aromatic N) is 1. The number of ether oxygens (including phenoxy) is 2. The number of morpholine rings is 1. The van der Waals surface area contributed by atoms with Gasteiger partial charge in [0.1, 0.15) is 17.7 Å². The SMILES string of the molecule is CC(NC(=O)CN1CCOCC1)C(=O)NC(CC1CC1)C(=O)NC(Cc1ccccc1)C(=O)C1(C)CO1. The summed E-state index contributed by atoms with van der Waals surface area (Å²) in [6.07, 6.45) is 2.84. The van der Waals surface area contributed by atoms with Gasteiger partial charge in [0.05, 0.1) is 32.4 Å². The van der Waals surface area contributed by atoms with Crippen LogP contribution in [0.25, 0.3) is 0 Å². The Morgan fingerprint density at radius 1 is 1.00 bits per heavy atom. The summed E-state index contributed by atoms with van der Waals surface area (Å²) in [4.78, 5) is 53.9. The van der Waals surface area contributed by atoms with Crippen LogP contribution >= 0.6 is 0 Å². The molecule has 3 aliphatic rings. The molecule has 10 nitrogen and oxygen atoms in total. The van der Waals surface area contributed by atoms with E-state index in [1.165, 1.54) is 0 Å². The maximum absolute atomic E-state index is 13.4. The third-order valence-corrected chi connectivity index (χ3v) is 7.15. The lowest BCUT2D eigenvalue weighted by Crippen LogP contribution is -2.57. The van der Waals surface area contributed by atoms with Crippen molar-refractivity contribution >= 4 is 23.5 Å². The number of hydrogen-bond donors (Lipinski definition) is 3. The van der Waals surface area contributed by atoms with E-state index in [1.54, 1.807) is 13.8 Å². The molecule has 0 radical (unpaired) electrons. The minimum absolute atomic E-state index is 0.176. The predicted molar refractivity (Wildman–Crippen MR) is 136 cm³/mol. The first kappa shape index (κ1) is 27.2. The van der Waals surface area contributed by atoms with Crippen LogP contribution in [-0.4, -0.2) is 91.6 Å². The molecule has 1 aliphatic carbocycles. The zero-order valence-corrected chi connectivity index (χ0v) is 21.7. The monoisotopic (exact) mass is 514 g/mol. The van der Waals surface area contributed by atoms with Crippen LogP contribution < -0.4 is 16.0 Å². The van der Waals surface area contributed by atoms with E-state index in [0.717, 1.165) is 18.4 Å². The van der Waals surface area contributed by atoms with Gasteiger partial charge in [-0.2, -0.15) is 0 Å². The number of epoxide rings is 1. The Labute approximate surface area is 217 Å². The molecule has 1 aromatic rings. The van der Waals surface area contributed by atoms with Gasteiger partial charge in [-0.1, -0.05) is 43.2 Å². The number of amides is 3. The number of carbonyl (C=O) groups is 4. The van der Waals surface area contributed by atoms with E-state index in [2.05, 4.69) is 16.0 Å². The van der Waals surface area contributed by atoms with Crippen LogP contribution in [-0.2, 0) is 35.1 Å². The molecule has 4 rings (SSSR count). The lowest BCUT2D eigenvalue weighted by atomic mass is 9.94. The quantitative estimate of drug-likeness (QED) is 0.321. The summed E-state index contributed by atoms with van der Waals surface area (Å²) in [6, 6.07) is 7.12. The molecule has 3 N–H and O–H groups in total. The van der Waals surface area contributed by atoms with Crippen molar-refractivity contribution in [3.05, 3.63) is 35.9 Å². The van der Waals surface area contributed by atoms with Crippen molar-refractivity contribution in [2.75, 3.05) is 39.5 Å². The Hall–Kier alpha value is -2.82. The third kappa shape index (κ3) is 8.08. The first-order valence-corrected chi connectivity index (χ1v) is 13.2. The number of hydrogen-bond acceptors (Lipinski definition) is 7. The smallest absolute Gasteiger partial charge is 0.243 e. The predicted octanol–water partition coefficient (Wildman–Crippen LogP) is 0.194. The van der Waals surface area contributed by atoms with Crippen LogP contribution in [0.2, 0.25) is 0 Å². The van der Waals surface area contributed by atoms with Gasteiger partial charge >= 0.3 is 0 Å². The first-order valence-electron chi connectivity index (χ1n) is 13.2. The maximum atomic E-state index is 13.4. The summed E-state index contributed by atoms with van der Waals surface area (Å²) in [5, 5.41) is 8.44. The van der Waals surface area contributed by atoms with Crippen LogP contribution in [0.3, 0.4) is 0 Å².